The van der Waals surface area contributed by atoms with Gasteiger partial charge in [-0.3, -0.25) is 4.79 Å². The smallest absolute Gasteiger partial charge is 0.419 e. The molecule has 0 aromatic heterocycles. The minimum Gasteiger partial charge on any atom is -0.546 e. The summed E-state index contributed by atoms with van der Waals surface area (Å²) in [7, 11) is 0. The van der Waals surface area contributed by atoms with Crippen LogP contribution in [0.4, 0.5) is 17.6 Å². The molecule has 160 valence electrons. The fourth-order valence-corrected chi connectivity index (χ4v) is 2.70. The maximum Gasteiger partial charge on any atom is 0.419 e. The molecule has 0 spiro atoms. The molecule has 0 heterocycles. The molecule has 10 heteroatoms. The summed E-state index contributed by atoms with van der Waals surface area (Å²) in [4.78, 5) is 23.2. The fraction of sp³-hybridized carbons (Fsp3) is 0.200. The third kappa shape index (κ3) is 5.12. The van der Waals surface area contributed by atoms with E-state index in [1.165, 1.54) is 26.0 Å². The lowest BCUT2D eigenvalue weighted by atomic mass is 10.0. The first-order valence-corrected chi connectivity index (χ1v) is 8.98. The normalized spacial score (nSPS) is 12.3. The lowest BCUT2D eigenvalue weighted by molar-refractivity contribution is -0.320. The SMILES string of the molecule is CC(C)(Oc1ccc(C=CC(=O)c2cccc(C(F)(F)F)c2F)c(Cl)c1Cl)C(=O)[O-]. The Labute approximate surface area is 178 Å². The van der Waals surface area contributed by atoms with Crippen molar-refractivity contribution in [2.24, 2.45) is 0 Å². The molecule has 0 aliphatic carbocycles. The van der Waals surface area contributed by atoms with Crippen LogP contribution in [0.1, 0.15) is 35.3 Å². The molecular formula is C20H13Cl2F4O4-. The molecular weight excluding hydrogens is 451 g/mol. The van der Waals surface area contributed by atoms with Crippen LogP contribution in [-0.4, -0.2) is 17.4 Å². The predicted molar refractivity (Wildman–Crippen MR) is 101 cm³/mol. The number of alkyl halides is 3. The molecule has 0 bridgehead atoms. The maximum atomic E-state index is 14.1. The van der Waals surface area contributed by atoms with Gasteiger partial charge in [-0.1, -0.05) is 29.3 Å². The van der Waals surface area contributed by atoms with E-state index in [4.69, 9.17) is 27.9 Å². The zero-order chi connectivity index (χ0) is 22.9. The van der Waals surface area contributed by atoms with Gasteiger partial charge in [-0.2, -0.15) is 13.2 Å². The van der Waals surface area contributed by atoms with E-state index < -0.39 is 40.5 Å². The lowest BCUT2D eigenvalue weighted by Gasteiger charge is -2.28. The molecule has 0 N–H and O–H groups in total. The predicted octanol–water partition coefficient (Wildman–Crippen LogP) is 4.95. The number of carbonyl (C=O) groups is 2. The summed E-state index contributed by atoms with van der Waals surface area (Å²) in [6, 6.07) is 4.99. The quantitative estimate of drug-likeness (QED) is 0.345. The van der Waals surface area contributed by atoms with Gasteiger partial charge in [-0.15, -0.1) is 0 Å². The summed E-state index contributed by atoms with van der Waals surface area (Å²) in [5, 5.41) is 10.8. The molecule has 0 aliphatic heterocycles. The second-order valence-corrected chi connectivity index (χ2v) is 7.30. The van der Waals surface area contributed by atoms with Crippen LogP contribution < -0.4 is 9.84 Å². The van der Waals surface area contributed by atoms with Crippen LogP contribution in [0.2, 0.25) is 10.0 Å². The van der Waals surface area contributed by atoms with Crippen molar-refractivity contribution in [2.45, 2.75) is 25.6 Å². The van der Waals surface area contributed by atoms with Crippen LogP contribution in [0.25, 0.3) is 6.08 Å². The van der Waals surface area contributed by atoms with E-state index in [0.717, 1.165) is 24.3 Å². The number of aliphatic carboxylic acids is 1. The van der Waals surface area contributed by atoms with Crippen molar-refractivity contribution in [3.8, 4) is 5.75 Å². The first kappa shape index (κ1) is 23.7. The molecule has 0 unspecified atom stereocenters. The highest BCUT2D eigenvalue weighted by Gasteiger charge is 2.35. The molecule has 0 aliphatic rings. The van der Waals surface area contributed by atoms with Crippen LogP contribution in [0.15, 0.2) is 36.4 Å². The number of hydrogen-bond acceptors (Lipinski definition) is 4. The number of ether oxygens (including phenoxy) is 1. The number of rotatable bonds is 6. The molecule has 0 saturated heterocycles. The maximum absolute atomic E-state index is 14.1. The molecule has 0 atom stereocenters. The van der Waals surface area contributed by atoms with Crippen molar-refractivity contribution >= 4 is 41.0 Å². The molecule has 0 radical (unpaired) electrons. The Morgan fingerprint density at radius 1 is 1.07 bits per heavy atom. The molecule has 2 aromatic rings. The number of allylic oxidation sites excluding steroid dienone is 1. The highest BCUT2D eigenvalue weighted by atomic mass is 35.5. The number of carbonyl (C=O) groups excluding carboxylic acids is 2. The summed E-state index contributed by atoms with van der Waals surface area (Å²) >= 11 is 12.2. The van der Waals surface area contributed by atoms with Gasteiger partial charge in [0.05, 0.1) is 22.1 Å². The average Bonchev–Trinajstić information content (AvgIpc) is 2.63. The van der Waals surface area contributed by atoms with Gasteiger partial charge in [0.2, 0.25) is 0 Å². The number of carboxylic acids is 1. The summed E-state index contributed by atoms with van der Waals surface area (Å²) in [5.74, 6) is -4.27. The first-order valence-electron chi connectivity index (χ1n) is 8.22. The number of carboxylic acid groups (broad SMARTS) is 1. The Hall–Kier alpha value is -2.58. The summed E-state index contributed by atoms with van der Waals surface area (Å²) in [5.41, 5.74) is -3.86. The summed E-state index contributed by atoms with van der Waals surface area (Å²) in [6.45, 7) is 2.48. The second-order valence-electron chi connectivity index (χ2n) is 6.54. The zero-order valence-electron chi connectivity index (χ0n) is 15.4. The largest absolute Gasteiger partial charge is 0.546 e. The van der Waals surface area contributed by atoms with Gasteiger partial charge in [0.15, 0.2) is 5.78 Å². The third-order valence-electron chi connectivity index (χ3n) is 3.92. The molecule has 0 saturated carbocycles. The number of halogens is 6. The Kier molecular flexibility index (Phi) is 6.83. The molecule has 2 aromatic carbocycles. The molecule has 0 fully saturated rings. The van der Waals surface area contributed by atoms with Crippen LogP contribution >= 0.6 is 23.2 Å². The van der Waals surface area contributed by atoms with Gasteiger partial charge in [-0.05, 0) is 55.8 Å². The number of ketones is 1. The van der Waals surface area contributed by atoms with Crippen LogP contribution in [0, 0.1) is 5.82 Å². The summed E-state index contributed by atoms with van der Waals surface area (Å²) < 4.78 is 57.7. The van der Waals surface area contributed by atoms with Gasteiger partial charge < -0.3 is 14.6 Å². The lowest BCUT2D eigenvalue weighted by Crippen LogP contribution is -2.48. The topological polar surface area (TPSA) is 66.4 Å². The monoisotopic (exact) mass is 463 g/mol. The Balaban J connectivity index is 2.32. The van der Waals surface area contributed by atoms with E-state index in [2.05, 4.69) is 0 Å². The van der Waals surface area contributed by atoms with E-state index in [-0.39, 0.29) is 21.4 Å². The van der Waals surface area contributed by atoms with Crippen molar-refractivity contribution in [3.63, 3.8) is 0 Å². The average molecular weight is 464 g/mol. The minimum atomic E-state index is -4.95. The second kappa shape index (κ2) is 8.65. The van der Waals surface area contributed by atoms with Crippen LogP contribution in [0.5, 0.6) is 5.75 Å². The van der Waals surface area contributed by atoms with E-state index in [9.17, 15) is 32.3 Å². The fourth-order valence-electron chi connectivity index (χ4n) is 2.27. The zero-order valence-corrected chi connectivity index (χ0v) is 17.0. The third-order valence-corrected chi connectivity index (χ3v) is 4.80. The Morgan fingerprint density at radius 3 is 2.27 bits per heavy atom. The van der Waals surface area contributed by atoms with Crippen LogP contribution in [-0.2, 0) is 11.0 Å². The highest BCUT2D eigenvalue weighted by Crippen LogP contribution is 2.37. The molecule has 2 rings (SSSR count). The molecule has 0 amide bonds. The molecule has 4 nitrogen and oxygen atoms in total. The van der Waals surface area contributed by atoms with Crippen molar-refractivity contribution < 1.29 is 37.0 Å². The van der Waals surface area contributed by atoms with Crippen molar-refractivity contribution in [1.82, 2.24) is 0 Å². The van der Waals surface area contributed by atoms with E-state index in [0.29, 0.717) is 6.07 Å². The Morgan fingerprint density at radius 2 is 1.70 bits per heavy atom. The van der Waals surface area contributed by atoms with Gasteiger partial charge in [-0.25, -0.2) is 4.39 Å². The molecule has 30 heavy (non-hydrogen) atoms. The minimum absolute atomic E-state index is 0.0664. The number of hydrogen-bond donors (Lipinski definition) is 0. The Bertz CT molecular complexity index is 1030. The highest BCUT2D eigenvalue weighted by molar-refractivity contribution is 6.43. The van der Waals surface area contributed by atoms with Gasteiger partial charge in [0.25, 0.3) is 0 Å². The van der Waals surface area contributed by atoms with Crippen molar-refractivity contribution in [3.05, 3.63) is 69.0 Å². The van der Waals surface area contributed by atoms with E-state index >= 15 is 0 Å². The first-order chi connectivity index (χ1) is 13.8. The van der Waals surface area contributed by atoms with Crippen LogP contribution in [0.3, 0.4) is 0 Å². The standard InChI is InChI=1S/C20H14Cl2F4O4/c1-19(2,18(28)29)30-14-9-7-10(15(21)16(14)22)6-8-13(27)11-4-3-5-12(17(11)23)20(24,25)26/h3-9H,1-2H3,(H,28,29)/p-1. The van der Waals surface area contributed by atoms with Gasteiger partial charge >= 0.3 is 6.18 Å². The number of benzene rings is 2. The van der Waals surface area contributed by atoms with Gasteiger partial charge in [0, 0.05) is 0 Å². The van der Waals surface area contributed by atoms with Crippen molar-refractivity contribution in [2.75, 3.05) is 0 Å². The van der Waals surface area contributed by atoms with Crippen molar-refractivity contribution in [1.29, 1.82) is 0 Å². The van der Waals surface area contributed by atoms with E-state index in [1.54, 1.807) is 0 Å². The summed E-state index contributed by atoms with van der Waals surface area (Å²) in [6.07, 6.45) is -2.98. The van der Waals surface area contributed by atoms with Gasteiger partial charge in [0.1, 0.15) is 22.2 Å². The van der Waals surface area contributed by atoms with E-state index in [1.807, 2.05) is 0 Å².